The lowest BCUT2D eigenvalue weighted by molar-refractivity contribution is -0.0879. The molecule has 0 heterocycles. The first-order valence-electron chi connectivity index (χ1n) is 8.89. The van der Waals surface area contributed by atoms with Gasteiger partial charge in [0, 0.05) is 13.2 Å². The molecule has 1 atom stereocenters. The van der Waals surface area contributed by atoms with E-state index in [1.807, 2.05) is 13.2 Å². The summed E-state index contributed by atoms with van der Waals surface area (Å²) < 4.78 is 6.09. The fourth-order valence-electron chi connectivity index (χ4n) is 3.66. The van der Waals surface area contributed by atoms with E-state index in [0.29, 0.717) is 11.5 Å². The van der Waals surface area contributed by atoms with E-state index in [9.17, 15) is 0 Å². The molecule has 1 rings (SSSR count). The Morgan fingerprint density at radius 3 is 2.33 bits per heavy atom. The zero-order valence-electron chi connectivity index (χ0n) is 14.8. The summed E-state index contributed by atoms with van der Waals surface area (Å²) in [5.74, 6) is 0. The molecule has 1 fully saturated rings. The lowest BCUT2D eigenvalue weighted by Gasteiger charge is -2.47. The zero-order valence-corrected chi connectivity index (χ0v) is 14.8. The van der Waals surface area contributed by atoms with Crippen LogP contribution in [0.25, 0.3) is 0 Å². The van der Waals surface area contributed by atoms with Crippen LogP contribution in [0.4, 0.5) is 0 Å². The molecule has 0 saturated heterocycles. The molecular formula is C19H37NO. The number of hydrogen-bond acceptors (Lipinski definition) is 2. The van der Waals surface area contributed by atoms with Crippen molar-refractivity contribution in [2.45, 2.75) is 90.2 Å². The Hall–Kier alpha value is -0.340. The number of likely N-dealkylation sites (N-methyl/N-ethyl adjacent to an activating group) is 1. The number of unbranched alkanes of at least 4 members (excludes halogenated alkanes) is 3. The zero-order chi connectivity index (χ0) is 15.8. The summed E-state index contributed by atoms with van der Waals surface area (Å²) in [7, 11) is 1.92. The van der Waals surface area contributed by atoms with E-state index in [1.54, 1.807) is 0 Å². The van der Waals surface area contributed by atoms with Gasteiger partial charge in [0.1, 0.15) is 0 Å². The lowest BCUT2D eigenvalue weighted by atomic mass is 9.67. The third-order valence-corrected chi connectivity index (χ3v) is 5.34. The van der Waals surface area contributed by atoms with Crippen LogP contribution >= 0.6 is 0 Å². The largest absolute Gasteiger partial charge is 0.377 e. The van der Waals surface area contributed by atoms with E-state index in [1.165, 1.54) is 51.4 Å². The Kier molecular flexibility index (Phi) is 7.97. The third kappa shape index (κ3) is 5.75. The van der Waals surface area contributed by atoms with E-state index >= 15 is 0 Å². The highest BCUT2D eigenvalue weighted by Crippen LogP contribution is 2.44. The van der Waals surface area contributed by atoms with Crippen molar-refractivity contribution in [3.63, 3.8) is 0 Å². The molecule has 0 spiro atoms. The maximum atomic E-state index is 6.09. The molecule has 21 heavy (non-hydrogen) atoms. The van der Waals surface area contributed by atoms with Gasteiger partial charge in [-0.25, -0.2) is 0 Å². The molecule has 0 amide bonds. The summed E-state index contributed by atoms with van der Waals surface area (Å²) in [4.78, 5) is 0. The normalized spacial score (nSPS) is 21.9. The molecule has 1 unspecified atom stereocenters. The van der Waals surface area contributed by atoms with Crippen LogP contribution in [0.15, 0.2) is 12.7 Å². The molecular weight excluding hydrogens is 258 g/mol. The lowest BCUT2D eigenvalue weighted by Crippen LogP contribution is -2.54. The summed E-state index contributed by atoms with van der Waals surface area (Å²) in [5.41, 5.74) is 0.548. The van der Waals surface area contributed by atoms with Crippen LogP contribution in [0.3, 0.4) is 0 Å². The maximum Gasteiger partial charge on any atom is 0.0831 e. The van der Waals surface area contributed by atoms with Crippen molar-refractivity contribution in [1.29, 1.82) is 0 Å². The highest BCUT2D eigenvalue weighted by atomic mass is 16.5. The number of nitrogens with one attached hydrogen (secondary N) is 1. The van der Waals surface area contributed by atoms with Gasteiger partial charge in [0.2, 0.25) is 0 Å². The van der Waals surface area contributed by atoms with Gasteiger partial charge in [0.25, 0.3) is 0 Å². The first kappa shape index (κ1) is 18.7. The standard InChI is InChI=1S/C19H37NO/c1-6-8-9-10-11-12-17(20-7-2)19(21-5)15-13-18(3,4)14-16-19/h6,17,20H,1,7-16H2,2-5H3. The fraction of sp³-hybridized carbons (Fsp3) is 0.895. The molecule has 0 aliphatic heterocycles. The van der Waals surface area contributed by atoms with Crippen LogP contribution < -0.4 is 5.32 Å². The Labute approximate surface area is 132 Å². The predicted octanol–water partition coefficient (Wildman–Crippen LogP) is 5.09. The minimum atomic E-state index is 0.0595. The summed E-state index contributed by atoms with van der Waals surface area (Å²) >= 11 is 0. The number of methoxy groups -OCH3 is 1. The molecule has 1 N–H and O–H groups in total. The highest BCUT2D eigenvalue weighted by Gasteiger charge is 2.43. The van der Waals surface area contributed by atoms with Gasteiger partial charge in [0.15, 0.2) is 0 Å². The Morgan fingerprint density at radius 2 is 1.81 bits per heavy atom. The molecule has 0 aromatic carbocycles. The first-order chi connectivity index (χ1) is 9.99. The molecule has 0 bridgehead atoms. The Morgan fingerprint density at radius 1 is 1.14 bits per heavy atom. The summed E-state index contributed by atoms with van der Waals surface area (Å²) in [6, 6.07) is 0.507. The minimum absolute atomic E-state index is 0.0595. The second-order valence-corrected chi connectivity index (χ2v) is 7.47. The smallest absolute Gasteiger partial charge is 0.0831 e. The second kappa shape index (κ2) is 8.95. The van der Waals surface area contributed by atoms with Crippen molar-refractivity contribution < 1.29 is 4.74 Å². The van der Waals surface area contributed by atoms with Crippen molar-refractivity contribution in [3.8, 4) is 0 Å². The monoisotopic (exact) mass is 295 g/mol. The van der Waals surface area contributed by atoms with E-state index < -0.39 is 0 Å². The molecule has 1 aliphatic rings. The highest BCUT2D eigenvalue weighted by molar-refractivity contribution is 4.98. The quantitative estimate of drug-likeness (QED) is 0.448. The minimum Gasteiger partial charge on any atom is -0.377 e. The molecule has 2 heteroatoms. The van der Waals surface area contributed by atoms with E-state index in [0.717, 1.165) is 13.0 Å². The van der Waals surface area contributed by atoms with Crippen molar-refractivity contribution in [1.82, 2.24) is 5.32 Å². The van der Waals surface area contributed by atoms with Gasteiger partial charge in [-0.15, -0.1) is 6.58 Å². The fourth-order valence-corrected chi connectivity index (χ4v) is 3.66. The maximum absolute atomic E-state index is 6.09. The number of allylic oxidation sites excluding steroid dienone is 1. The van der Waals surface area contributed by atoms with Gasteiger partial charge in [-0.1, -0.05) is 39.7 Å². The molecule has 1 aliphatic carbocycles. The molecule has 0 aromatic heterocycles. The van der Waals surface area contributed by atoms with Gasteiger partial charge in [0.05, 0.1) is 5.60 Å². The van der Waals surface area contributed by atoms with Crippen LogP contribution in [0, 0.1) is 5.41 Å². The van der Waals surface area contributed by atoms with Gasteiger partial charge in [-0.05, 0) is 56.9 Å². The average Bonchev–Trinajstić information content (AvgIpc) is 2.47. The number of rotatable bonds is 10. The molecule has 124 valence electrons. The first-order valence-corrected chi connectivity index (χ1v) is 8.89. The number of hydrogen-bond donors (Lipinski definition) is 1. The summed E-state index contributed by atoms with van der Waals surface area (Å²) in [5, 5.41) is 3.72. The topological polar surface area (TPSA) is 21.3 Å². The van der Waals surface area contributed by atoms with Crippen molar-refractivity contribution >= 4 is 0 Å². The van der Waals surface area contributed by atoms with Gasteiger partial charge in [-0.2, -0.15) is 0 Å². The molecule has 2 nitrogen and oxygen atoms in total. The van der Waals surface area contributed by atoms with E-state index in [2.05, 4.69) is 32.7 Å². The average molecular weight is 296 g/mol. The van der Waals surface area contributed by atoms with Gasteiger partial charge in [-0.3, -0.25) is 0 Å². The van der Waals surface area contributed by atoms with Crippen molar-refractivity contribution in [3.05, 3.63) is 12.7 Å². The van der Waals surface area contributed by atoms with E-state index in [4.69, 9.17) is 4.74 Å². The summed E-state index contributed by atoms with van der Waals surface area (Å²) in [6.45, 7) is 11.8. The molecule has 1 saturated carbocycles. The molecule has 0 radical (unpaired) electrons. The van der Waals surface area contributed by atoms with Gasteiger partial charge >= 0.3 is 0 Å². The number of ether oxygens (including phenoxy) is 1. The Balaban J connectivity index is 2.56. The second-order valence-electron chi connectivity index (χ2n) is 7.47. The van der Waals surface area contributed by atoms with Crippen LogP contribution in [0.5, 0.6) is 0 Å². The SMILES string of the molecule is C=CCCCCCC(NCC)C1(OC)CCC(C)(C)CC1. The van der Waals surface area contributed by atoms with Gasteiger partial charge < -0.3 is 10.1 Å². The molecule has 0 aromatic rings. The third-order valence-electron chi connectivity index (χ3n) is 5.34. The van der Waals surface area contributed by atoms with Crippen molar-refractivity contribution in [2.75, 3.05) is 13.7 Å². The van der Waals surface area contributed by atoms with Crippen LogP contribution in [0.2, 0.25) is 0 Å². The van der Waals surface area contributed by atoms with E-state index in [-0.39, 0.29) is 5.60 Å². The van der Waals surface area contributed by atoms with Crippen molar-refractivity contribution in [2.24, 2.45) is 5.41 Å². The van der Waals surface area contributed by atoms with Crippen LogP contribution in [0.1, 0.15) is 78.6 Å². The Bertz CT molecular complexity index is 288. The summed E-state index contributed by atoms with van der Waals surface area (Å²) in [6.07, 6.45) is 13.2. The predicted molar refractivity (Wildman–Crippen MR) is 92.7 cm³/mol. The van der Waals surface area contributed by atoms with Crippen LogP contribution in [-0.2, 0) is 4.74 Å². The van der Waals surface area contributed by atoms with Crippen LogP contribution in [-0.4, -0.2) is 25.3 Å².